The molecule has 20 heavy (non-hydrogen) atoms. The third-order valence-electron chi connectivity index (χ3n) is 3.68. The van der Waals surface area contributed by atoms with Crippen LogP contribution in [0, 0.1) is 0 Å². The minimum absolute atomic E-state index is 0.323. The van der Waals surface area contributed by atoms with Gasteiger partial charge < -0.3 is 15.0 Å². The maximum atomic E-state index is 11.9. The van der Waals surface area contributed by atoms with Crippen LogP contribution in [-0.2, 0) is 9.53 Å². The van der Waals surface area contributed by atoms with Crippen LogP contribution >= 0.6 is 0 Å². The molecular weight excluding hydrogens is 275 g/mol. The molecule has 0 bridgehead atoms. The van der Waals surface area contributed by atoms with Crippen LogP contribution in [0.5, 0.6) is 0 Å². The van der Waals surface area contributed by atoms with Gasteiger partial charge in [-0.2, -0.15) is 13.2 Å². The SMILES string of the molecule is O=C(COCC(F)(F)F)N1CCC(N2CCNCC2)C1. The van der Waals surface area contributed by atoms with Crippen LogP contribution in [-0.4, -0.2) is 80.4 Å². The van der Waals surface area contributed by atoms with Crippen molar-refractivity contribution in [2.75, 3.05) is 52.5 Å². The topological polar surface area (TPSA) is 44.8 Å². The molecule has 1 amide bonds. The van der Waals surface area contributed by atoms with Gasteiger partial charge in [0.2, 0.25) is 5.91 Å². The molecule has 0 aliphatic carbocycles. The number of nitrogens with zero attached hydrogens (tertiary/aromatic N) is 2. The number of carbonyl (C=O) groups excluding carboxylic acids is 1. The number of nitrogens with one attached hydrogen (secondary N) is 1. The second-order valence-electron chi connectivity index (χ2n) is 5.18. The molecule has 0 saturated carbocycles. The predicted molar refractivity (Wildman–Crippen MR) is 66.3 cm³/mol. The Morgan fingerprint density at radius 3 is 2.60 bits per heavy atom. The van der Waals surface area contributed by atoms with Gasteiger partial charge in [0.05, 0.1) is 0 Å². The Balaban J connectivity index is 1.70. The molecule has 2 rings (SSSR count). The Bertz CT molecular complexity index is 332. The largest absolute Gasteiger partial charge is 0.411 e. The number of piperazine rings is 1. The Morgan fingerprint density at radius 2 is 1.95 bits per heavy atom. The first kappa shape index (κ1) is 15.5. The molecule has 116 valence electrons. The van der Waals surface area contributed by atoms with Gasteiger partial charge >= 0.3 is 6.18 Å². The van der Waals surface area contributed by atoms with Crippen LogP contribution in [0.2, 0.25) is 0 Å². The van der Waals surface area contributed by atoms with E-state index in [1.165, 1.54) is 0 Å². The summed E-state index contributed by atoms with van der Waals surface area (Å²) in [7, 11) is 0. The third kappa shape index (κ3) is 4.60. The molecule has 2 fully saturated rings. The average Bonchev–Trinajstić information content (AvgIpc) is 2.88. The van der Waals surface area contributed by atoms with E-state index < -0.39 is 19.4 Å². The summed E-state index contributed by atoms with van der Waals surface area (Å²) in [5.41, 5.74) is 0. The van der Waals surface area contributed by atoms with E-state index in [0.717, 1.165) is 32.6 Å². The predicted octanol–water partition coefficient (Wildman–Crippen LogP) is 0.0714. The first-order valence-electron chi connectivity index (χ1n) is 6.83. The maximum Gasteiger partial charge on any atom is 0.411 e. The van der Waals surface area contributed by atoms with Crippen molar-refractivity contribution in [3.8, 4) is 0 Å². The summed E-state index contributed by atoms with van der Waals surface area (Å²) in [6.07, 6.45) is -3.50. The van der Waals surface area contributed by atoms with Gasteiger partial charge in [0, 0.05) is 45.3 Å². The normalized spacial score (nSPS) is 25.1. The van der Waals surface area contributed by atoms with Gasteiger partial charge in [-0.05, 0) is 6.42 Å². The van der Waals surface area contributed by atoms with E-state index >= 15 is 0 Å². The number of hydrogen-bond acceptors (Lipinski definition) is 4. The van der Waals surface area contributed by atoms with Crippen molar-refractivity contribution >= 4 is 5.91 Å². The fraction of sp³-hybridized carbons (Fsp3) is 0.917. The lowest BCUT2D eigenvalue weighted by Gasteiger charge is -2.32. The number of rotatable bonds is 4. The molecule has 5 nitrogen and oxygen atoms in total. The van der Waals surface area contributed by atoms with Gasteiger partial charge in [0.15, 0.2) is 0 Å². The molecule has 8 heteroatoms. The van der Waals surface area contributed by atoms with Crippen LogP contribution < -0.4 is 5.32 Å². The summed E-state index contributed by atoms with van der Waals surface area (Å²) in [6, 6.07) is 0.323. The number of amides is 1. The summed E-state index contributed by atoms with van der Waals surface area (Å²) < 4.78 is 40.2. The van der Waals surface area contributed by atoms with Crippen molar-refractivity contribution in [1.29, 1.82) is 0 Å². The van der Waals surface area contributed by atoms with E-state index in [1.54, 1.807) is 4.90 Å². The number of alkyl halides is 3. The van der Waals surface area contributed by atoms with Gasteiger partial charge in [-0.3, -0.25) is 9.69 Å². The zero-order chi connectivity index (χ0) is 14.6. The molecule has 0 spiro atoms. The number of likely N-dealkylation sites (tertiary alicyclic amines) is 1. The Kier molecular flexibility index (Phi) is 5.22. The number of hydrogen-bond donors (Lipinski definition) is 1. The highest BCUT2D eigenvalue weighted by molar-refractivity contribution is 5.77. The van der Waals surface area contributed by atoms with Crippen molar-refractivity contribution in [3.63, 3.8) is 0 Å². The molecule has 0 aromatic rings. The molecule has 2 saturated heterocycles. The van der Waals surface area contributed by atoms with Crippen LogP contribution in [0.4, 0.5) is 13.2 Å². The number of ether oxygens (including phenoxy) is 1. The minimum atomic E-state index is -4.38. The highest BCUT2D eigenvalue weighted by atomic mass is 19.4. The van der Waals surface area contributed by atoms with Gasteiger partial charge in [-0.1, -0.05) is 0 Å². The Morgan fingerprint density at radius 1 is 1.25 bits per heavy atom. The summed E-state index contributed by atoms with van der Waals surface area (Å²) >= 11 is 0. The second-order valence-corrected chi connectivity index (χ2v) is 5.18. The highest BCUT2D eigenvalue weighted by Gasteiger charge is 2.32. The zero-order valence-electron chi connectivity index (χ0n) is 11.3. The van der Waals surface area contributed by atoms with Gasteiger partial charge in [0.1, 0.15) is 13.2 Å². The monoisotopic (exact) mass is 295 g/mol. The molecule has 1 atom stereocenters. The lowest BCUT2D eigenvalue weighted by atomic mass is 10.2. The van der Waals surface area contributed by atoms with E-state index in [0.29, 0.717) is 19.1 Å². The van der Waals surface area contributed by atoms with E-state index in [9.17, 15) is 18.0 Å². The first-order valence-corrected chi connectivity index (χ1v) is 6.83. The molecule has 2 heterocycles. The van der Waals surface area contributed by atoms with Crippen LogP contribution in [0.15, 0.2) is 0 Å². The fourth-order valence-corrected chi connectivity index (χ4v) is 2.66. The number of halogens is 3. The molecule has 1 N–H and O–H groups in total. The second kappa shape index (κ2) is 6.73. The van der Waals surface area contributed by atoms with E-state index in [4.69, 9.17) is 0 Å². The van der Waals surface area contributed by atoms with Crippen molar-refractivity contribution in [2.45, 2.75) is 18.6 Å². The molecule has 0 aromatic carbocycles. The summed E-state index contributed by atoms with van der Waals surface area (Å²) in [5.74, 6) is -0.355. The smallest absolute Gasteiger partial charge is 0.362 e. The Labute approximate surface area is 116 Å². The van der Waals surface area contributed by atoms with E-state index in [-0.39, 0.29) is 5.91 Å². The lowest BCUT2D eigenvalue weighted by Crippen LogP contribution is -2.49. The van der Waals surface area contributed by atoms with Crippen LogP contribution in [0.1, 0.15) is 6.42 Å². The standard InChI is InChI=1S/C12H20F3N3O2/c13-12(14,15)9-20-8-11(19)18-4-1-10(7-18)17-5-2-16-3-6-17/h10,16H,1-9H2. The van der Waals surface area contributed by atoms with Crippen molar-refractivity contribution in [1.82, 2.24) is 15.1 Å². The van der Waals surface area contributed by atoms with E-state index in [2.05, 4.69) is 15.0 Å². The molecule has 2 aliphatic rings. The Hall–Kier alpha value is -0.860. The first-order chi connectivity index (χ1) is 9.46. The molecule has 0 radical (unpaired) electrons. The van der Waals surface area contributed by atoms with Crippen molar-refractivity contribution < 1.29 is 22.7 Å². The minimum Gasteiger partial charge on any atom is -0.362 e. The van der Waals surface area contributed by atoms with Crippen molar-refractivity contribution in [3.05, 3.63) is 0 Å². The molecule has 1 unspecified atom stereocenters. The quantitative estimate of drug-likeness (QED) is 0.797. The molecular formula is C12H20F3N3O2. The van der Waals surface area contributed by atoms with Gasteiger partial charge in [-0.15, -0.1) is 0 Å². The summed E-state index contributed by atoms with van der Waals surface area (Å²) in [6.45, 7) is 3.13. The molecule has 0 aromatic heterocycles. The highest BCUT2D eigenvalue weighted by Crippen LogP contribution is 2.17. The fourth-order valence-electron chi connectivity index (χ4n) is 2.66. The number of carbonyl (C=O) groups is 1. The van der Waals surface area contributed by atoms with Crippen LogP contribution in [0.25, 0.3) is 0 Å². The summed E-state index contributed by atoms with van der Waals surface area (Å²) in [5, 5.41) is 3.27. The lowest BCUT2D eigenvalue weighted by molar-refractivity contribution is -0.177. The van der Waals surface area contributed by atoms with Crippen LogP contribution in [0.3, 0.4) is 0 Å². The zero-order valence-corrected chi connectivity index (χ0v) is 11.3. The van der Waals surface area contributed by atoms with Gasteiger partial charge in [-0.25, -0.2) is 0 Å². The summed E-state index contributed by atoms with van der Waals surface area (Å²) in [4.78, 5) is 15.7. The van der Waals surface area contributed by atoms with Gasteiger partial charge in [0.25, 0.3) is 0 Å². The maximum absolute atomic E-state index is 11.9. The molecule has 2 aliphatic heterocycles. The van der Waals surface area contributed by atoms with E-state index in [1.807, 2.05) is 0 Å². The van der Waals surface area contributed by atoms with Crippen molar-refractivity contribution in [2.24, 2.45) is 0 Å². The average molecular weight is 295 g/mol. The third-order valence-corrected chi connectivity index (χ3v) is 3.68.